The van der Waals surface area contributed by atoms with Gasteiger partial charge in [0.15, 0.2) is 0 Å². The molecule has 4 nitrogen and oxygen atoms in total. The van der Waals surface area contributed by atoms with Crippen LogP contribution in [-0.4, -0.2) is 26.8 Å². The summed E-state index contributed by atoms with van der Waals surface area (Å²) in [5.74, 6) is 1.03. The van der Waals surface area contributed by atoms with Crippen molar-refractivity contribution in [1.29, 1.82) is 0 Å². The first-order valence-electron chi connectivity index (χ1n) is 6.67. The van der Waals surface area contributed by atoms with Crippen LogP contribution in [0.15, 0.2) is 47.4 Å². The van der Waals surface area contributed by atoms with E-state index < -0.39 is 5.97 Å². The highest BCUT2D eigenvalue weighted by Crippen LogP contribution is 2.42. The third-order valence-corrected chi connectivity index (χ3v) is 4.97. The molecule has 1 aliphatic heterocycles. The Bertz CT molecular complexity index is 856. The van der Waals surface area contributed by atoms with Crippen molar-refractivity contribution < 1.29 is 9.90 Å². The molecule has 5 heteroatoms. The molecule has 2 aromatic carbocycles. The molecule has 0 aliphatic carbocycles. The van der Waals surface area contributed by atoms with Gasteiger partial charge in [-0.25, -0.2) is 9.78 Å². The van der Waals surface area contributed by atoms with Gasteiger partial charge in [-0.3, -0.25) is 0 Å². The Morgan fingerprint density at radius 1 is 1.24 bits per heavy atom. The van der Waals surface area contributed by atoms with Gasteiger partial charge >= 0.3 is 5.97 Å². The number of H-pyrrole nitrogens is 1. The number of carboxylic acids is 1. The lowest BCUT2D eigenvalue weighted by molar-refractivity contribution is 0.0699. The van der Waals surface area contributed by atoms with E-state index in [4.69, 9.17) is 0 Å². The Labute approximate surface area is 125 Å². The fourth-order valence-electron chi connectivity index (χ4n) is 2.78. The molecule has 21 heavy (non-hydrogen) atoms. The van der Waals surface area contributed by atoms with Crippen molar-refractivity contribution in [1.82, 2.24) is 9.97 Å². The number of thioether (sulfide) groups is 1. The summed E-state index contributed by atoms with van der Waals surface area (Å²) in [7, 11) is 0. The van der Waals surface area contributed by atoms with Crippen LogP contribution in [0.3, 0.4) is 0 Å². The van der Waals surface area contributed by atoms with Gasteiger partial charge < -0.3 is 10.1 Å². The second kappa shape index (κ2) is 4.63. The summed E-state index contributed by atoms with van der Waals surface area (Å²) in [6, 6.07) is 13.5. The molecule has 104 valence electrons. The van der Waals surface area contributed by atoms with Crippen LogP contribution in [0.25, 0.3) is 11.0 Å². The van der Waals surface area contributed by atoms with Gasteiger partial charge in [0, 0.05) is 10.6 Å². The number of nitrogens with one attached hydrogen (secondary N) is 1. The number of aromatic amines is 1. The summed E-state index contributed by atoms with van der Waals surface area (Å²) < 4.78 is 0. The van der Waals surface area contributed by atoms with E-state index in [-0.39, 0.29) is 11.5 Å². The van der Waals surface area contributed by atoms with Crippen molar-refractivity contribution in [2.45, 2.75) is 10.8 Å². The molecule has 1 unspecified atom stereocenters. The van der Waals surface area contributed by atoms with Crippen LogP contribution in [0.4, 0.5) is 0 Å². The van der Waals surface area contributed by atoms with E-state index in [2.05, 4.69) is 22.1 Å². The molecule has 1 atom stereocenters. The lowest BCUT2D eigenvalue weighted by Crippen LogP contribution is -2.01. The van der Waals surface area contributed by atoms with Gasteiger partial charge in [-0.1, -0.05) is 24.3 Å². The van der Waals surface area contributed by atoms with Crippen LogP contribution >= 0.6 is 11.8 Å². The van der Waals surface area contributed by atoms with E-state index in [0.717, 1.165) is 17.1 Å². The molecule has 1 aliphatic rings. The van der Waals surface area contributed by atoms with E-state index in [0.29, 0.717) is 5.52 Å². The Balaban J connectivity index is 1.86. The number of imidazole rings is 1. The van der Waals surface area contributed by atoms with E-state index in [9.17, 15) is 9.90 Å². The summed E-state index contributed by atoms with van der Waals surface area (Å²) in [5.41, 5.74) is 2.82. The predicted molar refractivity (Wildman–Crippen MR) is 82.1 cm³/mol. The molecule has 1 aromatic heterocycles. The molecule has 0 bridgehead atoms. The molecule has 2 N–H and O–H groups in total. The highest BCUT2D eigenvalue weighted by Gasteiger charge is 2.27. The summed E-state index contributed by atoms with van der Waals surface area (Å²) in [4.78, 5) is 20.4. The number of carbonyl (C=O) groups is 1. The zero-order valence-electron chi connectivity index (χ0n) is 11.0. The normalized spacial score (nSPS) is 17.0. The maximum Gasteiger partial charge on any atom is 0.337 e. The zero-order valence-corrected chi connectivity index (χ0v) is 11.9. The predicted octanol–water partition coefficient (Wildman–Crippen LogP) is 3.50. The van der Waals surface area contributed by atoms with Gasteiger partial charge in [0.1, 0.15) is 11.3 Å². The van der Waals surface area contributed by atoms with Crippen LogP contribution in [0.1, 0.15) is 27.7 Å². The number of para-hydroxylation sites is 1. The topological polar surface area (TPSA) is 66.0 Å². The largest absolute Gasteiger partial charge is 0.478 e. The van der Waals surface area contributed by atoms with Crippen molar-refractivity contribution in [2.75, 3.05) is 5.75 Å². The fraction of sp³-hybridized carbons (Fsp3) is 0.125. The van der Waals surface area contributed by atoms with E-state index >= 15 is 0 Å². The first-order valence-corrected chi connectivity index (χ1v) is 7.66. The van der Waals surface area contributed by atoms with Crippen LogP contribution in [0, 0.1) is 0 Å². The smallest absolute Gasteiger partial charge is 0.337 e. The van der Waals surface area contributed by atoms with Gasteiger partial charge in [-0.2, -0.15) is 0 Å². The maximum absolute atomic E-state index is 11.3. The van der Waals surface area contributed by atoms with Gasteiger partial charge in [0.2, 0.25) is 0 Å². The van der Waals surface area contributed by atoms with Crippen LogP contribution in [0.5, 0.6) is 0 Å². The number of fused-ring (bicyclic) bond motifs is 2. The van der Waals surface area contributed by atoms with Gasteiger partial charge in [0.25, 0.3) is 0 Å². The third-order valence-electron chi connectivity index (χ3n) is 3.79. The molecule has 4 rings (SSSR count). The molecule has 0 fully saturated rings. The van der Waals surface area contributed by atoms with Crippen molar-refractivity contribution in [3.8, 4) is 0 Å². The quantitative estimate of drug-likeness (QED) is 0.759. The summed E-state index contributed by atoms with van der Waals surface area (Å²) >= 11 is 1.81. The van der Waals surface area contributed by atoms with Gasteiger partial charge in [-0.05, 0) is 23.8 Å². The minimum Gasteiger partial charge on any atom is -0.478 e. The fourth-order valence-corrected chi connectivity index (χ4v) is 4.01. The average molecular weight is 296 g/mol. The van der Waals surface area contributed by atoms with E-state index in [1.54, 1.807) is 12.1 Å². The number of rotatable bonds is 2. The van der Waals surface area contributed by atoms with Crippen molar-refractivity contribution >= 4 is 28.8 Å². The molecular formula is C16H12N2O2S. The highest BCUT2D eigenvalue weighted by molar-refractivity contribution is 7.99. The summed E-state index contributed by atoms with van der Waals surface area (Å²) in [5, 5.41) is 9.26. The van der Waals surface area contributed by atoms with Crippen LogP contribution < -0.4 is 0 Å². The van der Waals surface area contributed by atoms with Crippen LogP contribution in [0.2, 0.25) is 0 Å². The number of aromatic nitrogens is 2. The van der Waals surface area contributed by atoms with E-state index in [1.807, 2.05) is 30.0 Å². The monoisotopic (exact) mass is 296 g/mol. The Kier molecular flexibility index (Phi) is 2.75. The van der Waals surface area contributed by atoms with E-state index in [1.165, 1.54) is 10.5 Å². The standard InChI is InChI=1S/C16H12N2O2S/c19-16(20)10-5-3-6-12-14(10)18-15(17-12)11-8-21-13-7-2-1-4-9(11)13/h1-7,11H,8H2,(H,17,18)(H,19,20). The van der Waals surface area contributed by atoms with Crippen LogP contribution in [-0.2, 0) is 0 Å². The van der Waals surface area contributed by atoms with Gasteiger partial charge in [0.05, 0.1) is 17.0 Å². The molecule has 3 aromatic rings. The lowest BCUT2D eigenvalue weighted by atomic mass is 10.0. The first kappa shape index (κ1) is 12.5. The second-order valence-corrected chi connectivity index (χ2v) is 6.09. The number of benzene rings is 2. The summed E-state index contributed by atoms with van der Waals surface area (Å²) in [6.45, 7) is 0. The Morgan fingerprint density at radius 2 is 2.10 bits per heavy atom. The SMILES string of the molecule is O=C(O)c1cccc2[nH]c(C3CSc4ccccc43)nc12. The third kappa shape index (κ3) is 1.93. The second-order valence-electron chi connectivity index (χ2n) is 5.03. The molecule has 0 spiro atoms. The van der Waals surface area contributed by atoms with Crippen molar-refractivity contribution in [3.05, 3.63) is 59.4 Å². The zero-order chi connectivity index (χ0) is 14.4. The van der Waals surface area contributed by atoms with Crippen molar-refractivity contribution in [2.24, 2.45) is 0 Å². The number of carboxylic acid groups (broad SMARTS) is 1. The number of hydrogen-bond donors (Lipinski definition) is 2. The molecular weight excluding hydrogens is 284 g/mol. The number of aromatic carboxylic acids is 1. The number of hydrogen-bond acceptors (Lipinski definition) is 3. The molecule has 0 amide bonds. The summed E-state index contributed by atoms with van der Waals surface area (Å²) in [6.07, 6.45) is 0. The molecule has 2 heterocycles. The minimum atomic E-state index is -0.945. The Hall–Kier alpha value is -2.27. The highest BCUT2D eigenvalue weighted by atomic mass is 32.2. The number of nitrogens with zero attached hydrogens (tertiary/aromatic N) is 1. The molecule has 0 saturated carbocycles. The molecule has 0 saturated heterocycles. The lowest BCUT2D eigenvalue weighted by Gasteiger charge is -2.06. The minimum absolute atomic E-state index is 0.195. The van der Waals surface area contributed by atoms with Gasteiger partial charge in [-0.15, -0.1) is 11.8 Å². The maximum atomic E-state index is 11.3. The first-order chi connectivity index (χ1) is 10.2. The molecule has 0 radical (unpaired) electrons. The van der Waals surface area contributed by atoms with Crippen molar-refractivity contribution in [3.63, 3.8) is 0 Å². The Morgan fingerprint density at radius 3 is 2.95 bits per heavy atom. The average Bonchev–Trinajstić information content (AvgIpc) is 3.09.